The number of rotatable bonds is 2. The molecule has 3 aromatic rings. The fraction of sp³-hybridized carbons (Fsp3) is 0. The molecular weight excluding hydrogens is 226 g/mol. The third-order valence-corrected chi connectivity index (χ3v) is 3.61. The molecule has 1 aromatic carbocycles. The highest BCUT2D eigenvalue weighted by molar-refractivity contribution is 7.14. The number of hydrogen-bond acceptors (Lipinski definition) is 2. The second kappa shape index (κ2) is 4.52. The largest absolute Gasteiger partial charge is 0.256 e. The van der Waals surface area contributed by atoms with Crippen LogP contribution in [0.25, 0.3) is 21.7 Å². The molecule has 0 atom stereocenters. The van der Waals surface area contributed by atoms with Gasteiger partial charge in [-0.05, 0) is 29.1 Å². The predicted molar refractivity (Wildman–Crippen MR) is 73.0 cm³/mol. The first-order valence-corrected chi connectivity index (χ1v) is 6.37. The third-order valence-electron chi connectivity index (χ3n) is 2.64. The van der Waals surface area contributed by atoms with Crippen LogP contribution in [0, 0.1) is 0 Å². The van der Waals surface area contributed by atoms with E-state index >= 15 is 0 Å². The van der Waals surface area contributed by atoms with E-state index in [1.165, 1.54) is 16.0 Å². The molecule has 2 aromatic heterocycles. The van der Waals surface area contributed by atoms with Crippen molar-refractivity contribution in [1.29, 1.82) is 0 Å². The van der Waals surface area contributed by atoms with Crippen LogP contribution in [-0.4, -0.2) is 4.98 Å². The highest BCUT2D eigenvalue weighted by Crippen LogP contribution is 2.35. The van der Waals surface area contributed by atoms with Crippen LogP contribution in [0.2, 0.25) is 0 Å². The number of benzene rings is 1. The monoisotopic (exact) mass is 237 g/mol. The number of pyridine rings is 1. The molecule has 3 rings (SSSR count). The van der Waals surface area contributed by atoms with Gasteiger partial charge in [-0.3, -0.25) is 4.98 Å². The average Bonchev–Trinajstić information content (AvgIpc) is 2.90. The SMILES string of the molecule is c1ccc(-c2sccc2-c2ccccn2)cc1. The van der Waals surface area contributed by atoms with Gasteiger partial charge in [0.1, 0.15) is 0 Å². The summed E-state index contributed by atoms with van der Waals surface area (Å²) in [6.07, 6.45) is 1.84. The lowest BCUT2D eigenvalue weighted by atomic mass is 10.1. The van der Waals surface area contributed by atoms with Gasteiger partial charge in [-0.15, -0.1) is 11.3 Å². The van der Waals surface area contributed by atoms with Crippen molar-refractivity contribution in [2.45, 2.75) is 0 Å². The van der Waals surface area contributed by atoms with E-state index in [4.69, 9.17) is 0 Å². The Bertz CT molecular complexity index is 545. The molecule has 0 aliphatic rings. The molecule has 0 bridgehead atoms. The first-order chi connectivity index (χ1) is 8.45. The molecule has 2 heterocycles. The molecular formula is C15H11NS. The van der Waals surface area contributed by atoms with Crippen LogP contribution in [0.1, 0.15) is 0 Å². The summed E-state index contributed by atoms with van der Waals surface area (Å²) in [4.78, 5) is 5.70. The summed E-state index contributed by atoms with van der Waals surface area (Å²) in [5, 5.41) is 2.12. The maximum absolute atomic E-state index is 4.41. The van der Waals surface area contributed by atoms with Crippen LogP contribution in [0.3, 0.4) is 0 Å². The minimum Gasteiger partial charge on any atom is -0.256 e. The Balaban J connectivity index is 2.13. The fourth-order valence-corrected chi connectivity index (χ4v) is 2.76. The fourth-order valence-electron chi connectivity index (χ4n) is 1.85. The molecule has 17 heavy (non-hydrogen) atoms. The summed E-state index contributed by atoms with van der Waals surface area (Å²) in [5.74, 6) is 0. The number of nitrogens with zero attached hydrogens (tertiary/aromatic N) is 1. The van der Waals surface area contributed by atoms with Gasteiger partial charge in [0.25, 0.3) is 0 Å². The smallest absolute Gasteiger partial charge is 0.0716 e. The Labute approximate surface area is 104 Å². The first kappa shape index (κ1) is 10.2. The van der Waals surface area contributed by atoms with Crippen molar-refractivity contribution < 1.29 is 0 Å². The number of thiophene rings is 1. The zero-order valence-electron chi connectivity index (χ0n) is 9.21. The summed E-state index contributed by atoms with van der Waals surface area (Å²) in [6.45, 7) is 0. The van der Waals surface area contributed by atoms with Gasteiger partial charge in [-0.1, -0.05) is 36.4 Å². The summed E-state index contributed by atoms with van der Waals surface area (Å²) >= 11 is 1.76. The van der Waals surface area contributed by atoms with E-state index in [2.05, 4.69) is 46.8 Å². The molecule has 0 N–H and O–H groups in total. The van der Waals surface area contributed by atoms with E-state index in [1.807, 2.05) is 24.4 Å². The average molecular weight is 237 g/mol. The Morgan fingerprint density at radius 2 is 1.65 bits per heavy atom. The van der Waals surface area contributed by atoms with Crippen molar-refractivity contribution in [2.75, 3.05) is 0 Å². The maximum Gasteiger partial charge on any atom is 0.0716 e. The van der Waals surface area contributed by atoms with Crippen molar-refractivity contribution in [3.63, 3.8) is 0 Å². The lowest BCUT2D eigenvalue weighted by Crippen LogP contribution is -1.81. The van der Waals surface area contributed by atoms with E-state index in [0.717, 1.165) is 5.69 Å². The van der Waals surface area contributed by atoms with E-state index in [0.29, 0.717) is 0 Å². The number of hydrogen-bond donors (Lipinski definition) is 0. The van der Waals surface area contributed by atoms with Gasteiger partial charge in [0, 0.05) is 16.6 Å². The van der Waals surface area contributed by atoms with Crippen molar-refractivity contribution in [2.24, 2.45) is 0 Å². The van der Waals surface area contributed by atoms with Crippen LogP contribution in [0.5, 0.6) is 0 Å². The Morgan fingerprint density at radius 1 is 0.824 bits per heavy atom. The molecule has 0 aliphatic carbocycles. The molecule has 0 aliphatic heterocycles. The van der Waals surface area contributed by atoms with Gasteiger partial charge in [-0.2, -0.15) is 0 Å². The highest BCUT2D eigenvalue weighted by Gasteiger charge is 2.08. The second-order valence-electron chi connectivity index (χ2n) is 3.74. The first-order valence-electron chi connectivity index (χ1n) is 5.49. The standard InChI is InChI=1S/C15H11NS/c1-2-6-12(7-3-1)15-13(9-11-17-15)14-8-4-5-10-16-14/h1-11H. The summed E-state index contributed by atoms with van der Waals surface area (Å²) in [5.41, 5.74) is 3.50. The van der Waals surface area contributed by atoms with Crippen LogP contribution in [0.15, 0.2) is 66.2 Å². The lowest BCUT2D eigenvalue weighted by Gasteiger charge is -2.03. The minimum absolute atomic E-state index is 1.03. The molecule has 0 amide bonds. The number of aromatic nitrogens is 1. The van der Waals surface area contributed by atoms with Gasteiger partial charge < -0.3 is 0 Å². The topological polar surface area (TPSA) is 12.9 Å². The molecule has 0 saturated carbocycles. The molecule has 82 valence electrons. The molecule has 0 fully saturated rings. The van der Waals surface area contributed by atoms with Gasteiger partial charge in [-0.25, -0.2) is 0 Å². The second-order valence-corrected chi connectivity index (χ2v) is 4.66. The zero-order valence-corrected chi connectivity index (χ0v) is 10.0. The summed E-state index contributed by atoms with van der Waals surface area (Å²) in [6, 6.07) is 18.6. The van der Waals surface area contributed by atoms with E-state index in [1.54, 1.807) is 11.3 Å². The molecule has 2 heteroatoms. The lowest BCUT2D eigenvalue weighted by molar-refractivity contribution is 1.33. The summed E-state index contributed by atoms with van der Waals surface area (Å²) in [7, 11) is 0. The van der Waals surface area contributed by atoms with Crippen LogP contribution < -0.4 is 0 Å². The van der Waals surface area contributed by atoms with E-state index in [9.17, 15) is 0 Å². The van der Waals surface area contributed by atoms with Crippen molar-refractivity contribution >= 4 is 11.3 Å². The normalized spacial score (nSPS) is 10.4. The van der Waals surface area contributed by atoms with Crippen LogP contribution in [0.4, 0.5) is 0 Å². The van der Waals surface area contributed by atoms with Crippen molar-refractivity contribution in [1.82, 2.24) is 4.98 Å². The van der Waals surface area contributed by atoms with Crippen LogP contribution >= 0.6 is 11.3 Å². The van der Waals surface area contributed by atoms with Gasteiger partial charge in [0.05, 0.1) is 5.69 Å². The van der Waals surface area contributed by atoms with Crippen LogP contribution in [-0.2, 0) is 0 Å². The maximum atomic E-state index is 4.41. The van der Waals surface area contributed by atoms with Crippen molar-refractivity contribution in [3.8, 4) is 21.7 Å². The predicted octanol–water partition coefficient (Wildman–Crippen LogP) is 4.48. The van der Waals surface area contributed by atoms with Crippen molar-refractivity contribution in [3.05, 3.63) is 66.2 Å². The van der Waals surface area contributed by atoms with E-state index < -0.39 is 0 Å². The Morgan fingerprint density at radius 3 is 2.41 bits per heavy atom. The molecule has 0 unspecified atom stereocenters. The minimum atomic E-state index is 1.03. The molecule has 0 spiro atoms. The summed E-state index contributed by atoms with van der Waals surface area (Å²) < 4.78 is 0. The van der Waals surface area contributed by atoms with Gasteiger partial charge in [0.15, 0.2) is 0 Å². The van der Waals surface area contributed by atoms with Gasteiger partial charge in [0.2, 0.25) is 0 Å². The Hall–Kier alpha value is -1.93. The Kier molecular flexibility index (Phi) is 2.72. The zero-order chi connectivity index (χ0) is 11.5. The highest BCUT2D eigenvalue weighted by atomic mass is 32.1. The third kappa shape index (κ3) is 1.99. The molecule has 0 saturated heterocycles. The molecule has 0 radical (unpaired) electrons. The van der Waals surface area contributed by atoms with Gasteiger partial charge >= 0.3 is 0 Å². The molecule has 1 nitrogen and oxygen atoms in total. The quantitative estimate of drug-likeness (QED) is 0.640. The van der Waals surface area contributed by atoms with E-state index in [-0.39, 0.29) is 0 Å².